The molecule has 1 aromatic heterocycles. The van der Waals surface area contributed by atoms with Crippen molar-refractivity contribution in [2.45, 2.75) is 39.3 Å². The van der Waals surface area contributed by atoms with Gasteiger partial charge < -0.3 is 15.3 Å². The van der Waals surface area contributed by atoms with Gasteiger partial charge in [-0.1, -0.05) is 73.7 Å². The first-order valence-electron chi connectivity index (χ1n) is 12.0. The lowest BCUT2D eigenvalue weighted by Crippen LogP contribution is -2.23. The Kier molecular flexibility index (Phi) is 8.52. The third-order valence-electron chi connectivity index (χ3n) is 5.80. The van der Waals surface area contributed by atoms with Crippen molar-refractivity contribution in [1.82, 2.24) is 4.98 Å². The van der Waals surface area contributed by atoms with Gasteiger partial charge in [-0.2, -0.15) is 0 Å². The minimum Gasteiger partial charge on any atom is -0.481 e. The molecular weight excluding hydrogens is 454 g/mol. The van der Waals surface area contributed by atoms with Gasteiger partial charge >= 0.3 is 5.97 Å². The Labute approximate surface area is 211 Å². The maximum Gasteiger partial charge on any atom is 0.303 e. The summed E-state index contributed by atoms with van der Waals surface area (Å²) in [6, 6.07) is 27.0. The molecule has 0 fully saturated rings. The summed E-state index contributed by atoms with van der Waals surface area (Å²) in [6.45, 7) is 4.74. The van der Waals surface area contributed by atoms with Gasteiger partial charge in [0.25, 0.3) is 0 Å². The van der Waals surface area contributed by atoms with Crippen molar-refractivity contribution >= 4 is 28.1 Å². The highest BCUT2D eigenvalue weighted by Gasteiger charge is 2.12. The summed E-state index contributed by atoms with van der Waals surface area (Å²) in [7, 11) is 0. The molecule has 0 saturated carbocycles. The van der Waals surface area contributed by atoms with Crippen molar-refractivity contribution in [2.24, 2.45) is 0 Å². The Morgan fingerprint density at radius 2 is 1.63 bits per heavy atom. The van der Waals surface area contributed by atoms with Crippen LogP contribution in [-0.2, 0) is 24.3 Å². The van der Waals surface area contributed by atoms with Crippen LogP contribution in [-0.4, -0.2) is 22.6 Å². The predicted octanol–water partition coefficient (Wildman–Crippen LogP) is 6.86. The highest BCUT2D eigenvalue weighted by Crippen LogP contribution is 2.28. The maximum atomic E-state index is 10.7. The van der Waals surface area contributed by atoms with Crippen LogP contribution in [0, 0.1) is 0 Å². The fourth-order valence-corrected chi connectivity index (χ4v) is 4.75. The van der Waals surface area contributed by atoms with Crippen molar-refractivity contribution in [2.75, 3.05) is 16.8 Å². The van der Waals surface area contributed by atoms with Crippen LogP contribution in [0.25, 0.3) is 11.3 Å². The number of nitrogens with one attached hydrogen (secondary N) is 1. The topological polar surface area (TPSA) is 65.5 Å². The molecule has 2 N–H and O–H groups in total. The molecule has 1 heterocycles. The van der Waals surface area contributed by atoms with Crippen molar-refractivity contribution in [3.63, 3.8) is 0 Å². The van der Waals surface area contributed by atoms with Crippen LogP contribution in [0.1, 0.15) is 36.5 Å². The first-order valence-corrected chi connectivity index (χ1v) is 12.9. The molecule has 0 unspecified atom stereocenters. The molecule has 35 heavy (non-hydrogen) atoms. The second kappa shape index (κ2) is 12.2. The van der Waals surface area contributed by atoms with E-state index in [1.807, 2.05) is 42.5 Å². The van der Waals surface area contributed by atoms with Gasteiger partial charge in [0, 0.05) is 42.7 Å². The summed E-state index contributed by atoms with van der Waals surface area (Å²) < 4.78 is 0. The maximum absolute atomic E-state index is 10.7. The van der Waals surface area contributed by atoms with Gasteiger partial charge in [-0.05, 0) is 41.7 Å². The second-order valence-corrected chi connectivity index (χ2v) is 9.40. The molecule has 0 amide bonds. The molecule has 0 bridgehead atoms. The first kappa shape index (κ1) is 24.5. The van der Waals surface area contributed by atoms with E-state index in [9.17, 15) is 4.79 Å². The zero-order valence-electron chi connectivity index (χ0n) is 20.0. The zero-order valence-corrected chi connectivity index (χ0v) is 20.8. The first-order chi connectivity index (χ1) is 17.1. The number of aromatic nitrogens is 1. The van der Waals surface area contributed by atoms with Gasteiger partial charge in [0.1, 0.15) is 0 Å². The molecular formula is C29H31N3O2S. The van der Waals surface area contributed by atoms with E-state index in [1.54, 1.807) is 11.3 Å². The quantitative estimate of drug-likeness (QED) is 0.230. The largest absolute Gasteiger partial charge is 0.481 e. The number of carbonyl (C=O) groups is 1. The second-order valence-electron chi connectivity index (χ2n) is 8.56. The average molecular weight is 486 g/mol. The van der Waals surface area contributed by atoms with E-state index in [4.69, 9.17) is 10.1 Å². The minimum absolute atomic E-state index is 0.158. The summed E-state index contributed by atoms with van der Waals surface area (Å²) in [4.78, 5) is 18.0. The third kappa shape index (κ3) is 7.17. The number of aryl methyl sites for hydroxylation is 1. The van der Waals surface area contributed by atoms with Crippen molar-refractivity contribution in [1.29, 1.82) is 0 Å². The van der Waals surface area contributed by atoms with Gasteiger partial charge in [0.15, 0.2) is 5.13 Å². The summed E-state index contributed by atoms with van der Waals surface area (Å²) in [6.07, 6.45) is 1.78. The number of carboxylic acid groups (broad SMARTS) is 1. The number of aliphatic carboxylic acids is 1. The number of hydrogen-bond acceptors (Lipinski definition) is 5. The van der Waals surface area contributed by atoms with Crippen LogP contribution in [0.3, 0.4) is 0 Å². The van der Waals surface area contributed by atoms with Crippen LogP contribution in [0.15, 0.2) is 84.2 Å². The number of nitrogens with zero attached hydrogens (tertiary/aromatic N) is 2. The lowest BCUT2D eigenvalue weighted by molar-refractivity contribution is -0.136. The van der Waals surface area contributed by atoms with Gasteiger partial charge in [0.05, 0.1) is 5.69 Å². The smallest absolute Gasteiger partial charge is 0.303 e. The lowest BCUT2D eigenvalue weighted by atomic mass is 10.1. The molecule has 4 rings (SSSR count). The molecule has 0 radical (unpaired) electrons. The van der Waals surface area contributed by atoms with Gasteiger partial charge in [-0.15, -0.1) is 11.3 Å². The van der Waals surface area contributed by atoms with E-state index >= 15 is 0 Å². The Bertz CT molecular complexity index is 1200. The number of benzene rings is 3. The van der Waals surface area contributed by atoms with E-state index in [1.165, 1.54) is 11.1 Å². The van der Waals surface area contributed by atoms with E-state index in [0.29, 0.717) is 6.42 Å². The number of thiazole rings is 1. The van der Waals surface area contributed by atoms with Crippen molar-refractivity contribution < 1.29 is 9.90 Å². The van der Waals surface area contributed by atoms with E-state index in [2.05, 4.69) is 58.9 Å². The number of anilines is 2. The Hall–Kier alpha value is -3.64. The summed E-state index contributed by atoms with van der Waals surface area (Å²) >= 11 is 1.70. The molecule has 0 spiro atoms. The van der Waals surface area contributed by atoms with Crippen molar-refractivity contribution in [3.05, 3.63) is 101 Å². The Balaban J connectivity index is 1.33. The van der Waals surface area contributed by atoms with Gasteiger partial charge in [-0.25, -0.2) is 4.98 Å². The third-order valence-corrected chi connectivity index (χ3v) is 6.70. The zero-order chi connectivity index (χ0) is 24.5. The average Bonchev–Trinajstić information content (AvgIpc) is 3.38. The molecule has 0 saturated heterocycles. The van der Waals surface area contributed by atoms with Crippen molar-refractivity contribution in [3.8, 4) is 11.3 Å². The molecule has 180 valence electrons. The van der Waals surface area contributed by atoms with Gasteiger partial charge in [-0.3, -0.25) is 4.79 Å². The molecule has 0 aliphatic heterocycles. The molecule has 0 atom stereocenters. The van der Waals surface area contributed by atoms with Crippen LogP contribution in [0.2, 0.25) is 0 Å². The summed E-state index contributed by atoms with van der Waals surface area (Å²) in [5, 5.41) is 15.5. The Morgan fingerprint density at radius 3 is 2.31 bits per heavy atom. The fourth-order valence-electron chi connectivity index (χ4n) is 3.89. The van der Waals surface area contributed by atoms with Crippen LogP contribution in [0.5, 0.6) is 0 Å². The van der Waals surface area contributed by atoms with Crippen LogP contribution < -0.4 is 10.2 Å². The SMILES string of the molecule is CCCN(Cc1ccc(CNc2ccc(CCC(=O)O)cc2)cc1)c1nc(-c2ccccc2)cs1. The molecule has 6 heteroatoms. The van der Waals surface area contributed by atoms with E-state index in [0.717, 1.165) is 53.7 Å². The van der Waals surface area contributed by atoms with E-state index < -0.39 is 5.97 Å². The number of carboxylic acids is 1. The minimum atomic E-state index is -0.767. The highest BCUT2D eigenvalue weighted by molar-refractivity contribution is 7.14. The molecule has 3 aromatic carbocycles. The predicted molar refractivity (Wildman–Crippen MR) is 145 cm³/mol. The Morgan fingerprint density at radius 1 is 0.943 bits per heavy atom. The van der Waals surface area contributed by atoms with Gasteiger partial charge in [0.2, 0.25) is 0 Å². The van der Waals surface area contributed by atoms with E-state index in [-0.39, 0.29) is 6.42 Å². The number of rotatable bonds is 12. The summed E-state index contributed by atoms with van der Waals surface area (Å²) in [5.41, 5.74) is 6.73. The lowest BCUT2D eigenvalue weighted by Gasteiger charge is -2.21. The summed E-state index contributed by atoms with van der Waals surface area (Å²) in [5.74, 6) is -0.767. The normalized spacial score (nSPS) is 10.8. The standard InChI is InChI=1S/C29H31N3O2S/c1-2-18-32(29-31-27(21-35-29)25-6-4-3-5-7-25)20-24-10-8-23(9-11-24)19-30-26-15-12-22(13-16-26)14-17-28(33)34/h3-13,15-16,21,30H,2,14,17-20H2,1H3,(H,33,34). The molecule has 4 aromatic rings. The number of hydrogen-bond donors (Lipinski definition) is 2. The van der Waals surface area contributed by atoms with Crippen LogP contribution >= 0.6 is 11.3 Å². The highest BCUT2D eigenvalue weighted by atomic mass is 32.1. The molecule has 0 aliphatic rings. The fraction of sp³-hybridized carbons (Fsp3) is 0.241. The molecule has 0 aliphatic carbocycles. The monoisotopic (exact) mass is 485 g/mol. The van der Waals surface area contributed by atoms with Crippen LogP contribution in [0.4, 0.5) is 10.8 Å². The molecule has 5 nitrogen and oxygen atoms in total.